The van der Waals surface area contributed by atoms with E-state index < -0.39 is 15.6 Å². The molecule has 1 aliphatic rings. The van der Waals surface area contributed by atoms with Gasteiger partial charge < -0.3 is 5.11 Å². The van der Waals surface area contributed by atoms with Gasteiger partial charge in [0.05, 0.1) is 11.4 Å². The Labute approximate surface area is 96.1 Å². The van der Waals surface area contributed by atoms with Crippen LogP contribution in [0.3, 0.4) is 0 Å². The molecule has 1 unspecified atom stereocenters. The van der Waals surface area contributed by atoms with Gasteiger partial charge in [0, 0.05) is 18.8 Å². The molecule has 0 aromatic heterocycles. The van der Waals surface area contributed by atoms with Crippen LogP contribution in [0.2, 0.25) is 0 Å². The summed E-state index contributed by atoms with van der Waals surface area (Å²) >= 11 is 1.53. The zero-order valence-corrected chi connectivity index (χ0v) is 10.9. The quantitative estimate of drug-likeness (QED) is 0.794. The second kappa shape index (κ2) is 5.03. The molecule has 1 saturated heterocycles. The fourth-order valence-electron chi connectivity index (χ4n) is 1.75. The average Bonchev–Trinajstić information content (AvgIpc) is 2.08. The van der Waals surface area contributed by atoms with Gasteiger partial charge >= 0.3 is 0 Å². The van der Waals surface area contributed by atoms with Gasteiger partial charge in [-0.3, -0.25) is 0 Å². The van der Waals surface area contributed by atoms with Crippen molar-refractivity contribution in [3.05, 3.63) is 0 Å². The summed E-state index contributed by atoms with van der Waals surface area (Å²) in [5.74, 6) is 0.779. The standard InChI is InChI=1S/C9H19NO3S2/c1-9(11,8-14-2)7-10-5-3-4-6-15(10,12)13/h11H,3-8H2,1-2H3. The van der Waals surface area contributed by atoms with Gasteiger partial charge in [0.15, 0.2) is 0 Å². The second-order valence-corrected chi connectivity index (χ2v) is 7.24. The topological polar surface area (TPSA) is 57.6 Å². The van der Waals surface area contributed by atoms with E-state index in [1.807, 2.05) is 6.26 Å². The van der Waals surface area contributed by atoms with Crippen molar-refractivity contribution in [2.75, 3.05) is 30.9 Å². The lowest BCUT2D eigenvalue weighted by Crippen LogP contribution is -2.48. The molecule has 0 spiro atoms. The summed E-state index contributed by atoms with van der Waals surface area (Å²) in [6.45, 7) is 2.46. The largest absolute Gasteiger partial charge is 0.388 e. The Morgan fingerprint density at radius 3 is 2.67 bits per heavy atom. The first-order chi connectivity index (χ1) is 6.87. The zero-order valence-electron chi connectivity index (χ0n) is 9.27. The molecule has 90 valence electrons. The van der Waals surface area contributed by atoms with Crippen molar-refractivity contribution in [3.8, 4) is 0 Å². The third-order valence-corrected chi connectivity index (χ3v) is 5.24. The average molecular weight is 253 g/mol. The third kappa shape index (κ3) is 3.94. The third-order valence-electron chi connectivity index (χ3n) is 2.43. The first-order valence-corrected chi connectivity index (χ1v) is 8.07. The van der Waals surface area contributed by atoms with Gasteiger partial charge in [0.25, 0.3) is 0 Å². The molecule has 1 atom stereocenters. The minimum Gasteiger partial charge on any atom is -0.388 e. The van der Waals surface area contributed by atoms with Crippen LogP contribution < -0.4 is 0 Å². The highest BCUT2D eigenvalue weighted by Gasteiger charge is 2.32. The van der Waals surface area contributed by atoms with E-state index in [4.69, 9.17) is 0 Å². The predicted molar refractivity (Wildman–Crippen MR) is 63.6 cm³/mol. The van der Waals surface area contributed by atoms with Crippen LogP contribution in [0.1, 0.15) is 19.8 Å². The minimum atomic E-state index is -3.11. The van der Waals surface area contributed by atoms with Crippen LogP contribution >= 0.6 is 11.8 Å². The van der Waals surface area contributed by atoms with Crippen LogP contribution in [0.25, 0.3) is 0 Å². The summed E-state index contributed by atoms with van der Waals surface area (Å²) in [7, 11) is -3.11. The first kappa shape index (κ1) is 13.3. The van der Waals surface area contributed by atoms with Crippen LogP contribution in [0, 0.1) is 0 Å². The highest BCUT2D eigenvalue weighted by atomic mass is 32.2. The second-order valence-electron chi connectivity index (χ2n) is 4.29. The normalized spacial score (nSPS) is 26.1. The number of aliphatic hydroxyl groups is 1. The monoisotopic (exact) mass is 253 g/mol. The lowest BCUT2D eigenvalue weighted by molar-refractivity contribution is 0.0626. The van der Waals surface area contributed by atoms with Crippen molar-refractivity contribution in [3.63, 3.8) is 0 Å². The van der Waals surface area contributed by atoms with Crippen molar-refractivity contribution in [2.24, 2.45) is 0 Å². The molecule has 0 aromatic rings. The summed E-state index contributed by atoms with van der Waals surface area (Å²) in [4.78, 5) is 0. The Balaban J connectivity index is 2.64. The summed E-state index contributed by atoms with van der Waals surface area (Å²) < 4.78 is 24.8. The number of β-amino-alcohol motifs (C(OH)–C–C–N with tert-alkyl or cyclic N) is 1. The van der Waals surface area contributed by atoms with Crippen molar-refractivity contribution in [1.82, 2.24) is 4.31 Å². The maximum atomic E-state index is 11.7. The number of sulfonamides is 1. The molecule has 15 heavy (non-hydrogen) atoms. The van der Waals surface area contributed by atoms with Crippen LogP contribution in [0.15, 0.2) is 0 Å². The molecular weight excluding hydrogens is 234 g/mol. The fourth-order valence-corrected chi connectivity index (χ4v) is 4.18. The Morgan fingerprint density at radius 2 is 2.13 bits per heavy atom. The molecule has 0 amide bonds. The molecule has 0 saturated carbocycles. The van der Waals surface area contributed by atoms with Crippen LogP contribution in [0.5, 0.6) is 0 Å². The molecule has 4 nitrogen and oxygen atoms in total. The van der Waals surface area contributed by atoms with Gasteiger partial charge in [-0.15, -0.1) is 0 Å². The van der Waals surface area contributed by atoms with E-state index in [1.54, 1.807) is 6.92 Å². The van der Waals surface area contributed by atoms with Gasteiger partial charge in [-0.05, 0) is 26.0 Å². The van der Waals surface area contributed by atoms with E-state index in [1.165, 1.54) is 16.1 Å². The molecular formula is C9H19NO3S2. The maximum absolute atomic E-state index is 11.7. The summed E-state index contributed by atoms with van der Waals surface area (Å²) in [5.41, 5.74) is -0.927. The number of thioether (sulfide) groups is 1. The lowest BCUT2D eigenvalue weighted by atomic mass is 10.1. The van der Waals surface area contributed by atoms with Gasteiger partial charge in [-0.25, -0.2) is 8.42 Å². The lowest BCUT2D eigenvalue weighted by Gasteiger charge is -2.32. The highest BCUT2D eigenvalue weighted by Crippen LogP contribution is 2.19. The summed E-state index contributed by atoms with van der Waals surface area (Å²) in [5, 5.41) is 9.97. The van der Waals surface area contributed by atoms with E-state index in [2.05, 4.69) is 0 Å². The highest BCUT2D eigenvalue weighted by molar-refractivity contribution is 7.98. The Morgan fingerprint density at radius 1 is 1.47 bits per heavy atom. The fraction of sp³-hybridized carbons (Fsp3) is 1.00. The molecule has 1 heterocycles. The molecule has 0 radical (unpaired) electrons. The van der Waals surface area contributed by atoms with Crippen molar-refractivity contribution in [1.29, 1.82) is 0 Å². The van der Waals surface area contributed by atoms with E-state index in [0.29, 0.717) is 12.3 Å². The molecule has 1 aliphatic heterocycles. The SMILES string of the molecule is CSCC(C)(O)CN1CCCCS1(=O)=O. The van der Waals surface area contributed by atoms with Crippen LogP contribution in [-0.2, 0) is 10.0 Å². The number of nitrogens with zero attached hydrogens (tertiary/aromatic N) is 1. The first-order valence-electron chi connectivity index (χ1n) is 5.06. The van der Waals surface area contributed by atoms with Crippen molar-refractivity contribution < 1.29 is 13.5 Å². The Kier molecular flexibility index (Phi) is 4.46. The molecule has 0 aliphatic carbocycles. The van der Waals surface area contributed by atoms with Crippen LogP contribution in [-0.4, -0.2) is 54.3 Å². The molecule has 0 aromatic carbocycles. The van der Waals surface area contributed by atoms with Crippen molar-refractivity contribution >= 4 is 21.8 Å². The van der Waals surface area contributed by atoms with Gasteiger partial charge in [0.1, 0.15) is 0 Å². The van der Waals surface area contributed by atoms with Gasteiger partial charge in [0.2, 0.25) is 10.0 Å². The van der Waals surface area contributed by atoms with E-state index in [0.717, 1.165) is 12.8 Å². The number of hydrogen-bond donors (Lipinski definition) is 1. The molecule has 6 heteroatoms. The predicted octanol–water partition coefficient (Wildman–Crippen LogP) is 0.526. The molecule has 1 N–H and O–H groups in total. The summed E-state index contributed by atoms with van der Waals surface area (Å²) in [6.07, 6.45) is 3.54. The Hall–Kier alpha value is 0.220. The minimum absolute atomic E-state index is 0.218. The zero-order chi connectivity index (χ0) is 11.5. The summed E-state index contributed by atoms with van der Waals surface area (Å²) in [6, 6.07) is 0. The van der Waals surface area contributed by atoms with E-state index >= 15 is 0 Å². The van der Waals surface area contributed by atoms with E-state index in [-0.39, 0.29) is 12.3 Å². The van der Waals surface area contributed by atoms with Crippen molar-refractivity contribution in [2.45, 2.75) is 25.4 Å². The van der Waals surface area contributed by atoms with E-state index in [9.17, 15) is 13.5 Å². The maximum Gasteiger partial charge on any atom is 0.214 e. The Bertz CT molecular complexity index is 300. The van der Waals surface area contributed by atoms with Gasteiger partial charge in [-0.1, -0.05) is 0 Å². The number of hydrogen-bond acceptors (Lipinski definition) is 4. The molecule has 0 bridgehead atoms. The van der Waals surface area contributed by atoms with Crippen LogP contribution in [0.4, 0.5) is 0 Å². The molecule has 1 fully saturated rings. The smallest absolute Gasteiger partial charge is 0.214 e. The molecule has 1 rings (SSSR count). The van der Waals surface area contributed by atoms with Gasteiger partial charge in [-0.2, -0.15) is 16.1 Å². The number of rotatable bonds is 4.